The second-order valence-corrected chi connectivity index (χ2v) is 7.92. The first-order chi connectivity index (χ1) is 16.4. The maximum absolute atomic E-state index is 12.9. The van der Waals surface area contributed by atoms with Crippen molar-refractivity contribution in [3.63, 3.8) is 0 Å². The smallest absolute Gasteiger partial charge is 0.291 e. The van der Waals surface area contributed by atoms with Gasteiger partial charge in [0.1, 0.15) is 5.82 Å². The predicted octanol–water partition coefficient (Wildman–Crippen LogP) is 4.13. The van der Waals surface area contributed by atoms with E-state index in [1.165, 1.54) is 17.4 Å². The average Bonchev–Trinajstić information content (AvgIpc) is 3.59. The highest BCUT2D eigenvalue weighted by atomic mass is 35.5. The van der Waals surface area contributed by atoms with E-state index < -0.39 is 0 Å². The van der Waals surface area contributed by atoms with E-state index >= 15 is 0 Å². The summed E-state index contributed by atoms with van der Waals surface area (Å²) in [6.07, 6.45) is 6.28. The monoisotopic (exact) mass is 475 g/mol. The van der Waals surface area contributed by atoms with Crippen LogP contribution in [0, 0.1) is 0 Å². The Morgan fingerprint density at radius 1 is 1.21 bits per heavy atom. The number of hydrogen-bond donors (Lipinski definition) is 2. The number of rotatable bonds is 5. The highest BCUT2D eigenvalue weighted by Gasteiger charge is 2.19. The second kappa shape index (κ2) is 8.49. The molecule has 0 saturated heterocycles. The van der Waals surface area contributed by atoms with E-state index in [1.54, 1.807) is 60.4 Å². The van der Waals surface area contributed by atoms with E-state index in [0.717, 1.165) is 0 Å². The van der Waals surface area contributed by atoms with Crippen LogP contribution < -0.4 is 10.2 Å². The van der Waals surface area contributed by atoms with Crippen molar-refractivity contribution in [2.45, 2.75) is 0 Å². The van der Waals surface area contributed by atoms with Gasteiger partial charge in [-0.1, -0.05) is 11.6 Å². The summed E-state index contributed by atoms with van der Waals surface area (Å²) in [5.74, 6) is 0.501. The van der Waals surface area contributed by atoms with Crippen molar-refractivity contribution in [1.82, 2.24) is 24.5 Å². The van der Waals surface area contributed by atoms with Crippen molar-refractivity contribution in [2.75, 3.05) is 17.3 Å². The molecule has 0 aliphatic rings. The third kappa shape index (κ3) is 3.90. The van der Waals surface area contributed by atoms with Crippen molar-refractivity contribution >= 4 is 46.2 Å². The second-order valence-electron chi connectivity index (χ2n) is 7.51. The number of hydrogen-bond acceptors (Lipinski definition) is 6. The zero-order valence-corrected chi connectivity index (χ0v) is 18.9. The average molecular weight is 476 g/mol. The van der Waals surface area contributed by atoms with E-state index in [0.29, 0.717) is 44.8 Å². The van der Waals surface area contributed by atoms with Gasteiger partial charge in [0, 0.05) is 43.9 Å². The van der Waals surface area contributed by atoms with Crippen molar-refractivity contribution in [2.24, 2.45) is 7.05 Å². The molecule has 0 aliphatic carbocycles. The summed E-state index contributed by atoms with van der Waals surface area (Å²) in [7, 11) is 3.46. The van der Waals surface area contributed by atoms with Crippen LogP contribution in [0.2, 0.25) is 5.02 Å². The van der Waals surface area contributed by atoms with E-state index in [2.05, 4.69) is 25.3 Å². The number of fused-ring (bicyclic) bond motifs is 1. The number of furan rings is 1. The molecule has 0 spiro atoms. The molecule has 0 unspecified atom stereocenters. The predicted molar refractivity (Wildman–Crippen MR) is 127 cm³/mol. The van der Waals surface area contributed by atoms with E-state index in [9.17, 15) is 9.59 Å². The minimum Gasteiger partial charge on any atom is -0.459 e. The maximum atomic E-state index is 12.9. The molecule has 170 valence electrons. The van der Waals surface area contributed by atoms with Crippen LogP contribution in [-0.4, -0.2) is 43.4 Å². The number of aromatic nitrogens is 5. The molecule has 0 atom stereocenters. The third-order valence-corrected chi connectivity index (χ3v) is 5.54. The summed E-state index contributed by atoms with van der Waals surface area (Å²) in [6.45, 7) is 0. The number of carbonyl (C=O) groups excluding carboxylic acids is 2. The van der Waals surface area contributed by atoms with Gasteiger partial charge in [-0.05, 0) is 36.4 Å². The molecule has 5 aromatic rings. The largest absolute Gasteiger partial charge is 0.459 e. The summed E-state index contributed by atoms with van der Waals surface area (Å²) >= 11 is 6.41. The fourth-order valence-corrected chi connectivity index (χ4v) is 3.70. The van der Waals surface area contributed by atoms with Gasteiger partial charge in [0.2, 0.25) is 5.95 Å². The van der Waals surface area contributed by atoms with Crippen molar-refractivity contribution in [3.8, 4) is 11.4 Å². The number of H-pyrrole nitrogens is 1. The number of nitrogens with zero attached hydrogens (tertiary/aromatic N) is 5. The van der Waals surface area contributed by atoms with Crippen molar-refractivity contribution < 1.29 is 14.0 Å². The van der Waals surface area contributed by atoms with Crippen LogP contribution in [0.15, 0.2) is 65.7 Å². The minimum atomic E-state index is -0.385. The Morgan fingerprint density at radius 2 is 2.06 bits per heavy atom. The van der Waals surface area contributed by atoms with Gasteiger partial charge < -0.3 is 19.3 Å². The minimum absolute atomic E-state index is 0.192. The molecule has 4 aromatic heterocycles. The summed E-state index contributed by atoms with van der Waals surface area (Å²) in [4.78, 5) is 42.9. The molecular weight excluding hydrogens is 458 g/mol. The molecule has 0 fully saturated rings. The summed E-state index contributed by atoms with van der Waals surface area (Å²) < 4.78 is 6.87. The molecule has 0 bridgehead atoms. The van der Waals surface area contributed by atoms with Gasteiger partial charge in [0.05, 0.1) is 22.4 Å². The Balaban J connectivity index is 1.44. The lowest BCUT2D eigenvalue weighted by Crippen LogP contribution is -2.28. The third-order valence-electron chi connectivity index (χ3n) is 5.21. The number of carbonyl (C=O) groups is 2. The Hall–Kier alpha value is -4.44. The zero-order valence-electron chi connectivity index (χ0n) is 18.1. The van der Waals surface area contributed by atoms with Gasteiger partial charge in [0.15, 0.2) is 11.4 Å². The lowest BCUT2D eigenvalue weighted by atomic mass is 10.2. The molecule has 5 rings (SSSR count). The highest BCUT2D eigenvalue weighted by Crippen LogP contribution is 2.30. The molecule has 10 nitrogen and oxygen atoms in total. The molecule has 11 heteroatoms. The first kappa shape index (κ1) is 21.4. The molecule has 4 heterocycles. The molecule has 0 aliphatic heterocycles. The Labute approximate surface area is 198 Å². The number of aromatic amines is 1. The van der Waals surface area contributed by atoms with E-state index in [4.69, 9.17) is 16.0 Å². The SMILES string of the molecule is CN(C(=O)c1cnc2nc(-c3cc(NC(=O)c4ccco4)ccc3Cl)[nH]c2c1)c1nccn1C. The highest BCUT2D eigenvalue weighted by molar-refractivity contribution is 6.33. The zero-order chi connectivity index (χ0) is 23.8. The van der Waals surface area contributed by atoms with Crippen LogP contribution in [-0.2, 0) is 7.05 Å². The van der Waals surface area contributed by atoms with Crippen LogP contribution in [0.4, 0.5) is 11.6 Å². The van der Waals surface area contributed by atoms with Crippen LogP contribution in [0.25, 0.3) is 22.6 Å². The van der Waals surface area contributed by atoms with Crippen LogP contribution in [0.1, 0.15) is 20.9 Å². The number of aryl methyl sites for hydroxylation is 1. The first-order valence-corrected chi connectivity index (χ1v) is 10.5. The lowest BCUT2D eigenvalue weighted by molar-refractivity contribution is 0.0985. The van der Waals surface area contributed by atoms with Crippen LogP contribution in [0.5, 0.6) is 0 Å². The summed E-state index contributed by atoms with van der Waals surface area (Å²) in [6, 6.07) is 9.92. The van der Waals surface area contributed by atoms with Crippen LogP contribution >= 0.6 is 11.6 Å². The van der Waals surface area contributed by atoms with Gasteiger partial charge in [0.25, 0.3) is 11.8 Å². The topological polar surface area (TPSA) is 122 Å². The van der Waals surface area contributed by atoms with Crippen molar-refractivity contribution in [1.29, 1.82) is 0 Å². The normalized spacial score (nSPS) is 11.0. The first-order valence-electron chi connectivity index (χ1n) is 10.2. The molecule has 2 N–H and O–H groups in total. The number of pyridine rings is 1. The number of nitrogens with one attached hydrogen (secondary N) is 2. The van der Waals surface area contributed by atoms with Gasteiger partial charge in [-0.2, -0.15) is 0 Å². The molecule has 1 aromatic carbocycles. The van der Waals surface area contributed by atoms with E-state index in [-0.39, 0.29) is 17.6 Å². The van der Waals surface area contributed by atoms with Gasteiger partial charge >= 0.3 is 0 Å². The molecule has 0 saturated carbocycles. The quantitative estimate of drug-likeness (QED) is 0.394. The maximum Gasteiger partial charge on any atom is 0.291 e. The number of imidazole rings is 2. The fraction of sp³-hybridized carbons (Fsp3) is 0.0870. The number of anilines is 2. The Kier molecular flexibility index (Phi) is 5.34. The van der Waals surface area contributed by atoms with Gasteiger partial charge in [-0.3, -0.25) is 14.5 Å². The molecule has 34 heavy (non-hydrogen) atoms. The molecular formula is C23H18ClN7O3. The summed E-state index contributed by atoms with van der Waals surface area (Å²) in [5, 5.41) is 3.19. The van der Waals surface area contributed by atoms with Gasteiger partial charge in [-0.25, -0.2) is 15.0 Å². The Bertz CT molecular complexity index is 1520. The number of amides is 2. The number of benzene rings is 1. The molecule has 0 radical (unpaired) electrons. The Morgan fingerprint density at radius 3 is 2.79 bits per heavy atom. The van der Waals surface area contributed by atoms with E-state index in [1.807, 2.05) is 7.05 Å². The molecule has 2 amide bonds. The lowest BCUT2D eigenvalue weighted by Gasteiger charge is -2.15. The fourth-order valence-electron chi connectivity index (χ4n) is 3.49. The standard InChI is InChI=1S/C23H18ClN7O3/c1-30-8-7-25-23(30)31(2)22(33)13-10-17-20(26-12-13)29-19(28-17)15-11-14(5-6-16(15)24)27-21(32)18-4-3-9-34-18/h3-12H,1-2H3,(H,27,32)(H,26,28,29). The summed E-state index contributed by atoms with van der Waals surface area (Å²) in [5.41, 5.74) is 2.44. The number of halogens is 1. The van der Waals surface area contributed by atoms with Gasteiger partial charge in [-0.15, -0.1) is 0 Å². The van der Waals surface area contributed by atoms with Crippen molar-refractivity contribution in [3.05, 3.63) is 77.6 Å². The van der Waals surface area contributed by atoms with Crippen LogP contribution in [0.3, 0.4) is 0 Å².